The fraction of sp³-hybridized carbons (Fsp3) is 0.459. The highest BCUT2D eigenvalue weighted by Gasteiger charge is 2.45. The number of hydroxylamine groups is 2. The smallest absolute Gasteiger partial charge is 0.407 e. The first-order valence-corrected chi connectivity index (χ1v) is 18.7. The van der Waals surface area contributed by atoms with E-state index in [1.54, 1.807) is 31.2 Å². The lowest BCUT2D eigenvalue weighted by Crippen LogP contribution is -2.53. The van der Waals surface area contributed by atoms with E-state index in [1.165, 1.54) is 11.8 Å². The summed E-state index contributed by atoms with van der Waals surface area (Å²) >= 11 is 9.53. The molecule has 3 heterocycles. The molecule has 0 saturated carbocycles. The highest BCUT2D eigenvalue weighted by Crippen LogP contribution is 2.29. The van der Waals surface area contributed by atoms with Crippen LogP contribution in [0.4, 0.5) is 9.59 Å². The number of alkyl carbamates (subject to hydrolysis) is 2. The summed E-state index contributed by atoms with van der Waals surface area (Å²) in [4.78, 5) is 96.7. The van der Waals surface area contributed by atoms with Crippen molar-refractivity contribution in [2.45, 2.75) is 76.7 Å². The molecule has 3 aliphatic rings. The molecular formula is C37H47Cl2N5O13. The maximum Gasteiger partial charge on any atom is 0.407 e. The van der Waals surface area contributed by atoms with Gasteiger partial charge in [-0.05, 0) is 57.2 Å². The molecule has 57 heavy (non-hydrogen) atoms. The Morgan fingerprint density at radius 1 is 0.754 bits per heavy atom. The van der Waals surface area contributed by atoms with Crippen LogP contribution in [-0.2, 0) is 56.3 Å². The third-order valence-corrected chi connectivity index (χ3v) is 8.63. The van der Waals surface area contributed by atoms with Crippen LogP contribution in [0.2, 0.25) is 0 Å². The number of alkyl halides is 2. The van der Waals surface area contributed by atoms with Gasteiger partial charge in [-0.2, -0.15) is 0 Å². The zero-order valence-corrected chi connectivity index (χ0v) is 33.0. The number of hydrogen-bond acceptors (Lipinski definition) is 12. The van der Waals surface area contributed by atoms with Crippen LogP contribution in [0.25, 0.3) is 0 Å². The molecule has 5 amide bonds. The standard InChI is InChI=1S/C16H20N2O5.C14H14N2O6.C6H11NO2.CH2Cl2/c1-16(14(20)21)8-5-9-18(16)13(19)10-17-15(22)23-11-12-6-3-2-4-7-12;17-11-6-7-12(18)16(11)22-13(19)8-15-14(20)21-9-10-4-2-1-3-5-10;1-6(5(8)9)3-2-4-7-6;2-1-3/h2-4,6-7H,5,8-11H2,1H3,(H,17,22)(H,20,21);1-5H,6-9H2,(H,15,20);7H,2-4H2,1H3,(H,8,9);1H2/t16-;;6-;/m0.0./s1. The van der Waals surface area contributed by atoms with Crippen LogP contribution in [0.15, 0.2) is 60.7 Å². The minimum Gasteiger partial charge on any atom is -0.480 e. The van der Waals surface area contributed by atoms with Crippen molar-refractivity contribution in [1.29, 1.82) is 0 Å². The number of rotatable bonds is 11. The molecule has 2 aromatic rings. The number of hydrogen-bond donors (Lipinski definition) is 5. The van der Waals surface area contributed by atoms with Gasteiger partial charge in [0.05, 0.1) is 5.34 Å². The van der Waals surface area contributed by atoms with Crippen LogP contribution < -0.4 is 16.0 Å². The Bertz CT molecular complexity index is 1660. The predicted molar refractivity (Wildman–Crippen MR) is 203 cm³/mol. The van der Waals surface area contributed by atoms with Gasteiger partial charge in [-0.25, -0.2) is 19.2 Å². The van der Waals surface area contributed by atoms with Crippen LogP contribution in [0.1, 0.15) is 63.5 Å². The van der Waals surface area contributed by atoms with Gasteiger partial charge in [0.1, 0.15) is 37.4 Å². The van der Waals surface area contributed by atoms with Gasteiger partial charge in [-0.3, -0.25) is 19.2 Å². The summed E-state index contributed by atoms with van der Waals surface area (Å²) in [5.74, 6) is -4.28. The molecule has 0 spiro atoms. The maximum absolute atomic E-state index is 12.1. The Morgan fingerprint density at radius 3 is 1.67 bits per heavy atom. The molecule has 0 unspecified atom stereocenters. The normalized spacial score (nSPS) is 19.3. The van der Waals surface area contributed by atoms with E-state index < -0.39 is 65.4 Å². The number of imide groups is 1. The molecule has 0 radical (unpaired) electrons. The SMILES string of the molecule is C[C@@]1(C(=O)O)CCCN1.C[C@@]1(C(=O)O)CCCN1C(=O)CNC(=O)OCc1ccccc1.ClCCl.O=C(CNC(=O)OCc1ccccc1)ON1C(=O)CCC1=O. The van der Waals surface area contributed by atoms with E-state index in [-0.39, 0.29) is 37.9 Å². The topological polar surface area (TPSA) is 247 Å². The van der Waals surface area contributed by atoms with E-state index in [2.05, 4.69) is 20.8 Å². The minimum absolute atomic E-state index is 0.0126. The van der Waals surface area contributed by atoms with Gasteiger partial charge in [0.15, 0.2) is 0 Å². The number of nitrogens with zero attached hydrogens (tertiary/aromatic N) is 2. The second-order valence-electron chi connectivity index (χ2n) is 12.9. The lowest BCUT2D eigenvalue weighted by Gasteiger charge is -2.31. The molecular weight excluding hydrogens is 793 g/mol. The fourth-order valence-electron chi connectivity index (χ4n) is 5.39. The quantitative estimate of drug-likeness (QED) is 0.161. The van der Waals surface area contributed by atoms with Crippen LogP contribution in [0, 0.1) is 0 Å². The van der Waals surface area contributed by atoms with Crippen molar-refractivity contribution in [2.24, 2.45) is 0 Å². The maximum atomic E-state index is 12.1. The number of carboxylic acid groups (broad SMARTS) is 2. The number of aliphatic carboxylic acids is 2. The molecule has 3 fully saturated rings. The van der Waals surface area contributed by atoms with Gasteiger partial charge in [-0.15, -0.1) is 28.3 Å². The number of carbonyl (C=O) groups is 8. The summed E-state index contributed by atoms with van der Waals surface area (Å²) in [5.41, 5.74) is -0.201. The van der Waals surface area contributed by atoms with E-state index in [0.717, 1.165) is 30.5 Å². The van der Waals surface area contributed by atoms with E-state index >= 15 is 0 Å². The molecule has 5 N–H and O–H groups in total. The second kappa shape index (κ2) is 24.2. The van der Waals surface area contributed by atoms with Crippen molar-refractivity contribution >= 4 is 71.0 Å². The van der Waals surface area contributed by atoms with Crippen molar-refractivity contribution in [3.05, 3.63) is 71.8 Å². The molecule has 0 bridgehead atoms. The minimum atomic E-state index is -1.20. The molecule has 18 nitrogen and oxygen atoms in total. The second-order valence-corrected chi connectivity index (χ2v) is 13.7. The number of amides is 5. The highest BCUT2D eigenvalue weighted by atomic mass is 35.5. The third-order valence-electron chi connectivity index (χ3n) is 8.63. The largest absolute Gasteiger partial charge is 0.480 e. The molecule has 20 heteroatoms. The number of nitrogens with one attached hydrogen (secondary N) is 3. The number of carboxylic acids is 2. The Labute approximate surface area is 339 Å². The van der Waals surface area contributed by atoms with E-state index in [9.17, 15) is 43.5 Å². The van der Waals surface area contributed by atoms with Gasteiger partial charge in [-0.1, -0.05) is 60.7 Å². The monoisotopic (exact) mass is 839 g/mol. The number of carbonyl (C=O) groups excluding carboxylic acids is 6. The lowest BCUT2D eigenvalue weighted by atomic mass is 9.99. The molecule has 2 atom stereocenters. The van der Waals surface area contributed by atoms with E-state index in [1.807, 2.05) is 36.4 Å². The Hall–Kier alpha value is -5.46. The number of benzene rings is 2. The number of likely N-dealkylation sites (tertiary alicyclic amines) is 1. The van der Waals surface area contributed by atoms with Crippen molar-refractivity contribution in [3.8, 4) is 0 Å². The first-order chi connectivity index (χ1) is 27.1. The van der Waals surface area contributed by atoms with E-state index in [0.29, 0.717) is 24.4 Å². The zero-order chi connectivity index (χ0) is 42.4. The summed E-state index contributed by atoms with van der Waals surface area (Å²) in [6.45, 7) is 3.84. The molecule has 0 aromatic heterocycles. The summed E-state index contributed by atoms with van der Waals surface area (Å²) < 4.78 is 9.89. The lowest BCUT2D eigenvalue weighted by molar-refractivity contribution is -0.196. The number of halogens is 2. The highest BCUT2D eigenvalue weighted by molar-refractivity contribution is 6.40. The summed E-state index contributed by atoms with van der Waals surface area (Å²) in [5, 5.41) is 26.0. The van der Waals surface area contributed by atoms with Crippen LogP contribution in [-0.4, -0.2) is 111 Å². The van der Waals surface area contributed by atoms with Crippen molar-refractivity contribution in [3.63, 3.8) is 0 Å². The molecule has 3 aliphatic heterocycles. The van der Waals surface area contributed by atoms with Crippen molar-refractivity contribution < 1.29 is 62.9 Å². The molecule has 312 valence electrons. The molecule has 0 aliphatic carbocycles. The summed E-state index contributed by atoms with van der Waals surface area (Å²) in [6.07, 6.45) is 1.28. The van der Waals surface area contributed by atoms with Crippen LogP contribution in [0.5, 0.6) is 0 Å². The van der Waals surface area contributed by atoms with Crippen molar-refractivity contribution in [2.75, 3.05) is 31.5 Å². The van der Waals surface area contributed by atoms with E-state index in [4.69, 9.17) is 37.8 Å². The number of ether oxygens (including phenoxy) is 2. The van der Waals surface area contributed by atoms with Crippen LogP contribution >= 0.6 is 23.2 Å². The molecule has 3 saturated heterocycles. The fourth-order valence-corrected chi connectivity index (χ4v) is 5.39. The van der Waals surface area contributed by atoms with Gasteiger partial charge < -0.3 is 45.4 Å². The average Bonchev–Trinajstić information content (AvgIpc) is 3.92. The van der Waals surface area contributed by atoms with Gasteiger partial charge >= 0.3 is 30.1 Å². The summed E-state index contributed by atoms with van der Waals surface area (Å²) in [7, 11) is 0. The van der Waals surface area contributed by atoms with Gasteiger partial charge in [0.2, 0.25) is 5.91 Å². The third kappa shape index (κ3) is 16.3. The van der Waals surface area contributed by atoms with Crippen molar-refractivity contribution in [1.82, 2.24) is 25.9 Å². The van der Waals surface area contributed by atoms with Crippen LogP contribution in [0.3, 0.4) is 0 Å². The zero-order valence-electron chi connectivity index (χ0n) is 31.5. The Morgan fingerprint density at radius 2 is 1.25 bits per heavy atom. The van der Waals surface area contributed by atoms with Gasteiger partial charge in [0.25, 0.3) is 11.8 Å². The van der Waals surface area contributed by atoms with Gasteiger partial charge in [0, 0.05) is 19.4 Å². The Kier molecular flexibility index (Phi) is 20.3. The first kappa shape index (κ1) is 47.7. The summed E-state index contributed by atoms with van der Waals surface area (Å²) in [6, 6.07) is 18.2. The Balaban J connectivity index is 0.000000307. The molecule has 2 aromatic carbocycles. The predicted octanol–water partition coefficient (Wildman–Crippen LogP) is 3.53. The molecule has 5 rings (SSSR count). The first-order valence-electron chi connectivity index (χ1n) is 17.7. The average molecular weight is 841 g/mol.